The van der Waals surface area contributed by atoms with Gasteiger partial charge in [0.25, 0.3) is 0 Å². The van der Waals surface area contributed by atoms with E-state index >= 15 is 0 Å². The molecule has 0 atom stereocenters. The average molecular weight is 203 g/mol. The van der Waals surface area contributed by atoms with E-state index in [2.05, 4.69) is 22.3 Å². The predicted octanol–water partition coefficient (Wildman–Crippen LogP) is 1.91. The zero-order valence-corrected chi connectivity index (χ0v) is 8.53. The minimum atomic E-state index is 0.541. The van der Waals surface area contributed by atoms with Crippen LogP contribution in [0.2, 0.25) is 0 Å². The monoisotopic (exact) mass is 202 g/mol. The standard InChI is InChI=1S/C8H11ClN2S/c1-11-3-6(4-11)8-10-7(2-9)5-12-8/h5-6H,2-4H2,1H3. The molecule has 0 saturated carbocycles. The fourth-order valence-corrected chi connectivity index (χ4v) is 2.56. The summed E-state index contributed by atoms with van der Waals surface area (Å²) in [6.07, 6.45) is 0. The van der Waals surface area contributed by atoms with Crippen LogP contribution in [0.25, 0.3) is 0 Å². The Morgan fingerprint density at radius 3 is 3.00 bits per heavy atom. The van der Waals surface area contributed by atoms with Crippen LogP contribution in [-0.4, -0.2) is 30.0 Å². The van der Waals surface area contributed by atoms with Gasteiger partial charge in [-0.15, -0.1) is 22.9 Å². The zero-order chi connectivity index (χ0) is 8.55. The minimum absolute atomic E-state index is 0.541. The van der Waals surface area contributed by atoms with Gasteiger partial charge < -0.3 is 4.90 Å². The molecule has 1 aromatic rings. The van der Waals surface area contributed by atoms with E-state index in [4.69, 9.17) is 11.6 Å². The van der Waals surface area contributed by atoms with Crippen LogP contribution in [0, 0.1) is 0 Å². The number of rotatable bonds is 2. The van der Waals surface area contributed by atoms with E-state index < -0.39 is 0 Å². The number of likely N-dealkylation sites (N-methyl/N-ethyl adjacent to an activating group) is 1. The molecule has 0 bridgehead atoms. The summed E-state index contributed by atoms with van der Waals surface area (Å²) in [4.78, 5) is 6.74. The molecule has 0 radical (unpaired) electrons. The van der Waals surface area contributed by atoms with Crippen LogP contribution in [-0.2, 0) is 5.88 Å². The first-order chi connectivity index (χ1) is 5.79. The highest BCUT2D eigenvalue weighted by molar-refractivity contribution is 7.09. The van der Waals surface area contributed by atoms with Crippen molar-refractivity contribution in [3.63, 3.8) is 0 Å². The largest absolute Gasteiger partial charge is 0.305 e. The number of aromatic nitrogens is 1. The van der Waals surface area contributed by atoms with Gasteiger partial charge in [-0.2, -0.15) is 0 Å². The van der Waals surface area contributed by atoms with Gasteiger partial charge in [0.05, 0.1) is 16.6 Å². The molecule has 1 saturated heterocycles. The molecule has 2 heterocycles. The molecule has 0 unspecified atom stereocenters. The quantitative estimate of drug-likeness (QED) is 0.682. The first-order valence-electron chi connectivity index (χ1n) is 3.98. The Bertz CT molecular complexity index is 268. The Kier molecular flexibility index (Phi) is 2.35. The molecular formula is C8H11ClN2S. The molecule has 0 aliphatic carbocycles. The first-order valence-corrected chi connectivity index (χ1v) is 5.40. The molecular weight excluding hydrogens is 192 g/mol. The summed E-state index contributed by atoms with van der Waals surface area (Å²) in [6, 6.07) is 0. The van der Waals surface area contributed by atoms with E-state index in [9.17, 15) is 0 Å². The molecule has 4 heteroatoms. The van der Waals surface area contributed by atoms with Crippen LogP contribution >= 0.6 is 22.9 Å². The van der Waals surface area contributed by atoms with E-state index in [0.29, 0.717) is 11.8 Å². The maximum atomic E-state index is 5.67. The lowest BCUT2D eigenvalue weighted by Gasteiger charge is -2.34. The van der Waals surface area contributed by atoms with Gasteiger partial charge in [-0.25, -0.2) is 4.98 Å². The number of hydrogen-bond donors (Lipinski definition) is 0. The number of thiazole rings is 1. The van der Waals surface area contributed by atoms with Crippen LogP contribution in [0.5, 0.6) is 0 Å². The summed E-state index contributed by atoms with van der Waals surface area (Å²) in [7, 11) is 2.13. The number of nitrogens with zero attached hydrogens (tertiary/aromatic N) is 2. The molecule has 1 aromatic heterocycles. The highest BCUT2D eigenvalue weighted by atomic mass is 35.5. The highest BCUT2D eigenvalue weighted by Crippen LogP contribution is 2.28. The summed E-state index contributed by atoms with van der Waals surface area (Å²) < 4.78 is 0. The lowest BCUT2D eigenvalue weighted by Crippen LogP contribution is -2.41. The van der Waals surface area contributed by atoms with Crippen molar-refractivity contribution in [2.75, 3.05) is 20.1 Å². The molecule has 2 rings (SSSR count). The predicted molar refractivity (Wildman–Crippen MR) is 51.9 cm³/mol. The van der Waals surface area contributed by atoms with Crippen molar-refractivity contribution in [1.29, 1.82) is 0 Å². The number of halogens is 1. The molecule has 0 N–H and O–H groups in total. The number of likely N-dealkylation sites (tertiary alicyclic amines) is 1. The Morgan fingerprint density at radius 2 is 2.50 bits per heavy atom. The second-order valence-electron chi connectivity index (χ2n) is 3.23. The smallest absolute Gasteiger partial charge is 0.0985 e. The zero-order valence-electron chi connectivity index (χ0n) is 6.96. The van der Waals surface area contributed by atoms with Gasteiger partial charge in [0.15, 0.2) is 0 Å². The molecule has 1 fully saturated rings. The van der Waals surface area contributed by atoms with Crippen molar-refractivity contribution in [3.05, 3.63) is 16.1 Å². The normalized spacial score (nSPS) is 19.5. The summed E-state index contributed by atoms with van der Waals surface area (Å²) in [5.74, 6) is 1.20. The van der Waals surface area contributed by atoms with E-state index in [-0.39, 0.29) is 0 Å². The van der Waals surface area contributed by atoms with Crippen molar-refractivity contribution < 1.29 is 0 Å². The van der Waals surface area contributed by atoms with Crippen molar-refractivity contribution in [1.82, 2.24) is 9.88 Å². The molecule has 66 valence electrons. The van der Waals surface area contributed by atoms with Crippen LogP contribution in [0.1, 0.15) is 16.6 Å². The van der Waals surface area contributed by atoms with Gasteiger partial charge in [-0.1, -0.05) is 0 Å². The van der Waals surface area contributed by atoms with Crippen molar-refractivity contribution >= 4 is 22.9 Å². The molecule has 0 spiro atoms. The van der Waals surface area contributed by atoms with Gasteiger partial charge in [-0.3, -0.25) is 0 Å². The third-order valence-electron chi connectivity index (χ3n) is 2.12. The summed E-state index contributed by atoms with van der Waals surface area (Å²) >= 11 is 7.41. The number of hydrogen-bond acceptors (Lipinski definition) is 3. The summed E-state index contributed by atoms with van der Waals surface area (Å²) in [5.41, 5.74) is 1.02. The van der Waals surface area contributed by atoms with E-state index in [1.54, 1.807) is 11.3 Å². The third kappa shape index (κ3) is 1.49. The van der Waals surface area contributed by atoms with Gasteiger partial charge in [0.1, 0.15) is 0 Å². The van der Waals surface area contributed by atoms with Gasteiger partial charge in [0.2, 0.25) is 0 Å². The lowest BCUT2D eigenvalue weighted by atomic mass is 10.0. The maximum absolute atomic E-state index is 5.67. The highest BCUT2D eigenvalue weighted by Gasteiger charge is 2.27. The second-order valence-corrected chi connectivity index (χ2v) is 4.39. The lowest BCUT2D eigenvalue weighted by molar-refractivity contribution is 0.189. The Hall–Kier alpha value is -0.120. The third-order valence-corrected chi connectivity index (χ3v) is 3.45. The maximum Gasteiger partial charge on any atom is 0.0985 e. The Morgan fingerprint density at radius 1 is 1.75 bits per heavy atom. The van der Waals surface area contributed by atoms with Crippen LogP contribution < -0.4 is 0 Å². The fourth-order valence-electron chi connectivity index (χ4n) is 1.43. The van der Waals surface area contributed by atoms with Crippen LogP contribution in [0.3, 0.4) is 0 Å². The molecule has 1 aliphatic heterocycles. The average Bonchev–Trinajstić information content (AvgIpc) is 2.46. The molecule has 12 heavy (non-hydrogen) atoms. The van der Waals surface area contributed by atoms with Crippen LogP contribution in [0.15, 0.2) is 5.38 Å². The summed E-state index contributed by atoms with van der Waals surface area (Å²) in [5, 5.41) is 3.31. The van der Waals surface area contributed by atoms with E-state index in [0.717, 1.165) is 18.8 Å². The first kappa shape index (κ1) is 8.48. The molecule has 0 amide bonds. The van der Waals surface area contributed by atoms with E-state index in [1.807, 2.05) is 0 Å². The van der Waals surface area contributed by atoms with Gasteiger partial charge in [-0.05, 0) is 7.05 Å². The van der Waals surface area contributed by atoms with Gasteiger partial charge >= 0.3 is 0 Å². The Balaban J connectivity index is 2.04. The van der Waals surface area contributed by atoms with Crippen LogP contribution in [0.4, 0.5) is 0 Å². The SMILES string of the molecule is CN1CC(c2nc(CCl)cs2)C1. The topological polar surface area (TPSA) is 16.1 Å². The second kappa shape index (κ2) is 3.32. The van der Waals surface area contributed by atoms with Crippen molar-refractivity contribution in [2.45, 2.75) is 11.8 Å². The summed E-state index contributed by atoms with van der Waals surface area (Å²) in [6.45, 7) is 2.30. The Labute approximate surface area is 81.2 Å². The minimum Gasteiger partial charge on any atom is -0.305 e. The van der Waals surface area contributed by atoms with Crippen molar-refractivity contribution in [3.8, 4) is 0 Å². The molecule has 2 nitrogen and oxygen atoms in total. The van der Waals surface area contributed by atoms with Gasteiger partial charge in [0, 0.05) is 24.4 Å². The fraction of sp³-hybridized carbons (Fsp3) is 0.625. The number of alkyl halides is 1. The molecule has 1 aliphatic rings. The van der Waals surface area contributed by atoms with Crippen molar-refractivity contribution in [2.24, 2.45) is 0 Å². The molecule has 0 aromatic carbocycles. The van der Waals surface area contributed by atoms with E-state index in [1.165, 1.54) is 5.01 Å².